The number of hydrazine groups is 1. The van der Waals surface area contributed by atoms with E-state index in [0.717, 1.165) is 16.7 Å². The van der Waals surface area contributed by atoms with Gasteiger partial charge in [0.05, 0.1) is 13.1 Å². The van der Waals surface area contributed by atoms with Gasteiger partial charge in [-0.05, 0) is 41.0 Å². The highest BCUT2D eigenvalue weighted by Crippen LogP contribution is 2.34. The van der Waals surface area contributed by atoms with E-state index < -0.39 is 12.2 Å². The van der Waals surface area contributed by atoms with E-state index >= 15 is 0 Å². The normalized spacial score (nSPS) is 21.1. The van der Waals surface area contributed by atoms with E-state index in [1.807, 2.05) is 65.7 Å². The Hall–Kier alpha value is -5.03. The summed E-state index contributed by atoms with van der Waals surface area (Å²) in [5, 5.41) is 16.3. The SMILES string of the molecule is O=C1[C@H](Cc2ccc(O)cc2)N2C(=O)CN(CC3C=C3)N(C(=O)NCc3ccccc3)[C@H]2CN1Cc1ccc2c(c1)OCCO2. The number of piperazine rings is 1. The van der Waals surface area contributed by atoms with Crippen LogP contribution >= 0.6 is 0 Å². The summed E-state index contributed by atoms with van der Waals surface area (Å²) in [6, 6.07) is 20.7. The van der Waals surface area contributed by atoms with Crippen LogP contribution in [0.15, 0.2) is 84.9 Å². The molecule has 45 heavy (non-hydrogen) atoms. The van der Waals surface area contributed by atoms with Crippen LogP contribution in [-0.4, -0.2) is 87.8 Å². The monoisotopic (exact) mass is 609 g/mol. The summed E-state index contributed by atoms with van der Waals surface area (Å²) in [5.74, 6) is 1.18. The van der Waals surface area contributed by atoms with Crippen LogP contribution in [0.3, 0.4) is 0 Å². The number of hydrogen-bond acceptors (Lipinski definition) is 7. The lowest BCUT2D eigenvalue weighted by Gasteiger charge is -2.55. The zero-order valence-electron chi connectivity index (χ0n) is 24.7. The maximum atomic E-state index is 14.2. The van der Waals surface area contributed by atoms with Gasteiger partial charge in [0.2, 0.25) is 11.8 Å². The first kappa shape index (κ1) is 28.7. The minimum atomic E-state index is -0.844. The molecule has 0 bridgehead atoms. The summed E-state index contributed by atoms with van der Waals surface area (Å²) in [5.41, 5.74) is 2.60. The van der Waals surface area contributed by atoms with Gasteiger partial charge in [0, 0.05) is 32.0 Å². The van der Waals surface area contributed by atoms with Crippen molar-refractivity contribution in [2.24, 2.45) is 5.92 Å². The van der Waals surface area contributed by atoms with Crippen molar-refractivity contribution >= 4 is 17.8 Å². The van der Waals surface area contributed by atoms with Crippen LogP contribution < -0.4 is 14.8 Å². The van der Waals surface area contributed by atoms with Gasteiger partial charge in [-0.1, -0.05) is 60.7 Å². The number of phenols is 1. The first-order valence-electron chi connectivity index (χ1n) is 15.2. The highest BCUT2D eigenvalue weighted by molar-refractivity contribution is 5.91. The Morgan fingerprint density at radius 2 is 1.62 bits per heavy atom. The van der Waals surface area contributed by atoms with Crippen molar-refractivity contribution in [3.8, 4) is 17.2 Å². The van der Waals surface area contributed by atoms with E-state index in [0.29, 0.717) is 37.8 Å². The molecule has 2 saturated heterocycles. The zero-order valence-corrected chi connectivity index (χ0v) is 24.7. The number of nitrogens with zero attached hydrogens (tertiary/aromatic N) is 4. The molecule has 1 aliphatic carbocycles. The second kappa shape index (κ2) is 12.2. The zero-order chi connectivity index (χ0) is 30.9. The Bertz CT molecular complexity index is 1610. The molecule has 0 radical (unpaired) electrons. The van der Waals surface area contributed by atoms with Crippen molar-refractivity contribution in [3.05, 3.63) is 102 Å². The number of ether oxygens (including phenoxy) is 2. The number of carbonyl (C=O) groups excluding carboxylic acids is 3. The molecule has 2 fully saturated rings. The third-order valence-corrected chi connectivity index (χ3v) is 8.56. The second-order valence-electron chi connectivity index (χ2n) is 11.7. The molecule has 11 heteroatoms. The molecule has 3 heterocycles. The fourth-order valence-corrected chi connectivity index (χ4v) is 6.25. The number of carbonyl (C=O) groups is 3. The maximum Gasteiger partial charge on any atom is 0.334 e. The summed E-state index contributed by atoms with van der Waals surface area (Å²) in [4.78, 5) is 45.4. The van der Waals surface area contributed by atoms with Crippen LogP contribution in [-0.2, 0) is 29.1 Å². The lowest BCUT2D eigenvalue weighted by molar-refractivity contribution is -0.191. The van der Waals surface area contributed by atoms with Gasteiger partial charge in [0.25, 0.3) is 0 Å². The van der Waals surface area contributed by atoms with Gasteiger partial charge in [0.1, 0.15) is 31.2 Å². The number of phenolic OH excluding ortho intramolecular Hbond substituents is 1. The Morgan fingerprint density at radius 1 is 0.889 bits per heavy atom. The van der Waals surface area contributed by atoms with Crippen LogP contribution in [0.5, 0.6) is 17.2 Å². The fourth-order valence-electron chi connectivity index (χ4n) is 6.25. The van der Waals surface area contributed by atoms with Crippen LogP contribution in [0, 0.1) is 5.92 Å². The van der Waals surface area contributed by atoms with Crippen molar-refractivity contribution < 1.29 is 29.0 Å². The van der Waals surface area contributed by atoms with Crippen LogP contribution in [0.25, 0.3) is 0 Å². The topological polar surface area (TPSA) is 115 Å². The fraction of sp³-hybridized carbons (Fsp3) is 0.324. The lowest BCUT2D eigenvalue weighted by Crippen LogP contribution is -2.76. The standard InChI is InChI=1S/C34H35N5O6/c40-27-11-8-23(9-12-27)16-28-33(42)36(19-26-10-13-29-30(17-26)45-15-14-44-29)21-31-38(28)32(41)22-37(20-25-6-7-25)39(31)34(43)35-18-24-4-2-1-3-5-24/h1-13,17,25,28,31,40H,14-16,18-22H2,(H,35,43)/t28-,31-/m0/s1. The van der Waals surface area contributed by atoms with Crippen molar-refractivity contribution in [1.82, 2.24) is 25.1 Å². The van der Waals surface area contributed by atoms with Gasteiger partial charge < -0.3 is 29.7 Å². The number of urea groups is 1. The van der Waals surface area contributed by atoms with E-state index in [4.69, 9.17) is 9.47 Å². The molecule has 3 aromatic rings. The van der Waals surface area contributed by atoms with Gasteiger partial charge in [-0.15, -0.1) is 0 Å². The molecular weight excluding hydrogens is 574 g/mol. The number of nitrogens with one attached hydrogen (secondary N) is 1. The van der Waals surface area contributed by atoms with Crippen LogP contribution in [0.2, 0.25) is 0 Å². The van der Waals surface area contributed by atoms with E-state index in [1.54, 1.807) is 39.1 Å². The van der Waals surface area contributed by atoms with E-state index in [9.17, 15) is 19.5 Å². The smallest absolute Gasteiger partial charge is 0.334 e. The minimum absolute atomic E-state index is 0.0189. The molecule has 232 valence electrons. The van der Waals surface area contributed by atoms with Gasteiger partial charge in [-0.2, -0.15) is 0 Å². The molecule has 4 amide bonds. The molecule has 0 spiro atoms. The predicted octanol–water partition coefficient (Wildman–Crippen LogP) is 2.90. The molecule has 2 N–H and O–H groups in total. The first-order valence-corrected chi connectivity index (χ1v) is 15.2. The van der Waals surface area contributed by atoms with Crippen LogP contribution in [0.4, 0.5) is 4.79 Å². The van der Waals surface area contributed by atoms with E-state index in [-0.39, 0.29) is 55.6 Å². The van der Waals surface area contributed by atoms with Crippen molar-refractivity contribution in [2.75, 3.05) is 32.8 Å². The minimum Gasteiger partial charge on any atom is -0.508 e. The molecule has 7 rings (SSSR count). The van der Waals surface area contributed by atoms with Crippen molar-refractivity contribution in [2.45, 2.75) is 31.7 Å². The van der Waals surface area contributed by atoms with Gasteiger partial charge in [-0.25, -0.2) is 14.8 Å². The Morgan fingerprint density at radius 3 is 2.38 bits per heavy atom. The molecular formula is C34H35N5O6. The van der Waals surface area contributed by atoms with Crippen LogP contribution in [0.1, 0.15) is 16.7 Å². The molecule has 3 aromatic carbocycles. The summed E-state index contributed by atoms with van der Waals surface area (Å²) < 4.78 is 11.5. The second-order valence-corrected chi connectivity index (χ2v) is 11.7. The molecule has 0 unspecified atom stereocenters. The molecule has 0 saturated carbocycles. The number of hydrogen-bond donors (Lipinski definition) is 2. The molecule has 11 nitrogen and oxygen atoms in total. The third kappa shape index (κ3) is 6.16. The highest BCUT2D eigenvalue weighted by atomic mass is 16.6. The van der Waals surface area contributed by atoms with E-state index in [2.05, 4.69) is 5.32 Å². The van der Waals surface area contributed by atoms with Gasteiger partial charge in [0.15, 0.2) is 11.5 Å². The van der Waals surface area contributed by atoms with Gasteiger partial charge in [-0.3, -0.25) is 9.59 Å². The number of amides is 4. The van der Waals surface area contributed by atoms with Crippen molar-refractivity contribution in [3.63, 3.8) is 0 Å². The average molecular weight is 610 g/mol. The number of aromatic hydroxyl groups is 1. The van der Waals surface area contributed by atoms with E-state index in [1.165, 1.54) is 0 Å². The summed E-state index contributed by atoms with van der Waals surface area (Å²) in [6.45, 7) is 2.13. The first-order chi connectivity index (χ1) is 21.9. The molecule has 4 aliphatic rings. The molecule has 3 aliphatic heterocycles. The average Bonchev–Trinajstić information content (AvgIpc) is 3.87. The van der Waals surface area contributed by atoms with Gasteiger partial charge >= 0.3 is 6.03 Å². The quantitative estimate of drug-likeness (QED) is 0.378. The summed E-state index contributed by atoms with van der Waals surface area (Å²) in [7, 11) is 0. The Labute approximate surface area is 261 Å². The lowest BCUT2D eigenvalue weighted by atomic mass is 9.98. The molecule has 2 atom stereocenters. The largest absolute Gasteiger partial charge is 0.508 e. The number of fused-ring (bicyclic) bond motifs is 2. The molecule has 0 aromatic heterocycles. The number of rotatable bonds is 8. The Kier molecular flexibility index (Phi) is 7.76. The summed E-state index contributed by atoms with van der Waals surface area (Å²) in [6.07, 6.45) is 3.60. The third-order valence-electron chi connectivity index (χ3n) is 8.56. The predicted molar refractivity (Wildman–Crippen MR) is 164 cm³/mol. The Balaban J connectivity index is 1.21. The van der Waals surface area contributed by atoms with Crippen molar-refractivity contribution in [1.29, 1.82) is 0 Å². The highest BCUT2D eigenvalue weighted by Gasteiger charge is 2.51. The maximum absolute atomic E-state index is 14.2. The number of benzene rings is 3. The summed E-state index contributed by atoms with van der Waals surface area (Å²) >= 11 is 0.